The molecule has 0 atom stereocenters. The van der Waals surface area contributed by atoms with Crippen molar-refractivity contribution in [2.75, 3.05) is 5.32 Å². The molecule has 2 aromatic heterocycles. The molecule has 0 aliphatic heterocycles. The van der Waals surface area contributed by atoms with Crippen molar-refractivity contribution in [2.24, 2.45) is 0 Å². The van der Waals surface area contributed by atoms with E-state index in [1.807, 2.05) is 0 Å². The Bertz CT molecular complexity index is 502. The fourth-order valence-electron chi connectivity index (χ4n) is 1.19. The first-order chi connectivity index (χ1) is 7.77. The second kappa shape index (κ2) is 4.48. The number of carbonyl (C=O) groups is 1. The molecule has 2 aromatic rings. The van der Waals surface area contributed by atoms with E-state index < -0.39 is 11.9 Å². The third-order valence-electron chi connectivity index (χ3n) is 1.92. The highest BCUT2D eigenvalue weighted by Gasteiger charge is 2.11. The minimum absolute atomic E-state index is 0.0913. The van der Waals surface area contributed by atoms with Crippen LogP contribution < -0.4 is 5.32 Å². The van der Waals surface area contributed by atoms with Crippen molar-refractivity contribution < 1.29 is 9.18 Å². The summed E-state index contributed by atoms with van der Waals surface area (Å²) in [6.07, 6.45) is 4.35. The molecule has 2 heterocycles. The highest BCUT2D eigenvalue weighted by atomic mass is 19.1. The first-order valence-corrected chi connectivity index (χ1v) is 4.59. The lowest BCUT2D eigenvalue weighted by molar-refractivity contribution is 0.102. The van der Waals surface area contributed by atoms with Gasteiger partial charge in [0.1, 0.15) is 0 Å². The summed E-state index contributed by atoms with van der Waals surface area (Å²) in [6, 6.07) is 6.21. The highest BCUT2D eigenvalue weighted by molar-refractivity contribution is 6.04. The Kier molecular flexibility index (Phi) is 2.86. The Labute approximate surface area is 91.2 Å². The lowest BCUT2D eigenvalue weighted by Crippen LogP contribution is -2.14. The third kappa shape index (κ3) is 2.20. The minimum atomic E-state index is -0.788. The number of amides is 1. The first kappa shape index (κ1) is 10.2. The van der Waals surface area contributed by atoms with Crippen molar-refractivity contribution in [3.63, 3.8) is 0 Å². The lowest BCUT2D eigenvalue weighted by Gasteiger charge is -2.04. The zero-order chi connectivity index (χ0) is 11.4. The number of anilines is 1. The summed E-state index contributed by atoms with van der Waals surface area (Å²) in [7, 11) is 0. The van der Waals surface area contributed by atoms with Crippen molar-refractivity contribution in [3.05, 3.63) is 54.4 Å². The number of nitrogens with one attached hydrogen (secondary N) is 1. The van der Waals surface area contributed by atoms with Gasteiger partial charge in [0.25, 0.3) is 5.91 Å². The number of pyridine rings is 2. The van der Waals surface area contributed by atoms with Crippen LogP contribution in [-0.4, -0.2) is 15.9 Å². The van der Waals surface area contributed by atoms with Crippen molar-refractivity contribution in [1.82, 2.24) is 9.97 Å². The van der Waals surface area contributed by atoms with Crippen LogP contribution in [0.4, 0.5) is 10.1 Å². The van der Waals surface area contributed by atoms with Gasteiger partial charge in [-0.15, -0.1) is 0 Å². The third-order valence-corrected chi connectivity index (χ3v) is 1.92. The average Bonchev–Trinajstić information content (AvgIpc) is 2.31. The summed E-state index contributed by atoms with van der Waals surface area (Å²) in [6.45, 7) is 0. The average molecular weight is 217 g/mol. The fourth-order valence-corrected chi connectivity index (χ4v) is 1.19. The normalized spacial score (nSPS) is 9.81. The quantitative estimate of drug-likeness (QED) is 0.781. The Morgan fingerprint density at radius 1 is 1.25 bits per heavy atom. The number of nitrogens with zero attached hydrogens (tertiary/aromatic N) is 2. The molecular weight excluding hydrogens is 209 g/mol. The summed E-state index contributed by atoms with van der Waals surface area (Å²) in [5.41, 5.74) is 0.419. The number of halogens is 1. The maximum Gasteiger partial charge on any atom is 0.260 e. The van der Waals surface area contributed by atoms with E-state index in [9.17, 15) is 9.18 Å². The van der Waals surface area contributed by atoms with E-state index in [0.29, 0.717) is 5.69 Å². The highest BCUT2D eigenvalue weighted by Crippen LogP contribution is 2.08. The summed E-state index contributed by atoms with van der Waals surface area (Å²) >= 11 is 0. The van der Waals surface area contributed by atoms with Crippen LogP contribution in [0.3, 0.4) is 0 Å². The molecule has 0 aliphatic carbocycles. The van der Waals surface area contributed by atoms with Crippen molar-refractivity contribution in [2.45, 2.75) is 0 Å². The van der Waals surface area contributed by atoms with Gasteiger partial charge in [0.15, 0.2) is 0 Å². The van der Waals surface area contributed by atoms with Gasteiger partial charge in [-0.05, 0) is 24.3 Å². The molecule has 0 radical (unpaired) electrons. The molecule has 0 unspecified atom stereocenters. The summed E-state index contributed by atoms with van der Waals surface area (Å²) in [5.74, 6) is -1.33. The number of carbonyl (C=O) groups excluding carboxylic acids is 1. The standard InChI is InChI=1S/C11H8FN3O/c12-10-9(4-2-6-14-10)11(16)15-8-3-1-5-13-7-8/h1-7H,(H,15,16). The molecular formula is C11H8FN3O. The maximum atomic E-state index is 13.2. The van der Waals surface area contributed by atoms with Crippen LogP contribution in [0, 0.1) is 5.95 Å². The van der Waals surface area contributed by atoms with Crippen LogP contribution in [0.5, 0.6) is 0 Å². The van der Waals surface area contributed by atoms with Gasteiger partial charge in [-0.3, -0.25) is 9.78 Å². The second-order valence-electron chi connectivity index (χ2n) is 3.04. The number of hydrogen-bond acceptors (Lipinski definition) is 3. The summed E-state index contributed by atoms with van der Waals surface area (Å²) in [5, 5.41) is 2.52. The molecule has 16 heavy (non-hydrogen) atoms. The predicted molar refractivity (Wildman–Crippen MR) is 56.4 cm³/mol. The van der Waals surface area contributed by atoms with E-state index in [-0.39, 0.29) is 5.56 Å². The molecule has 80 valence electrons. The lowest BCUT2D eigenvalue weighted by atomic mass is 10.2. The Morgan fingerprint density at radius 2 is 2.06 bits per heavy atom. The molecule has 2 rings (SSSR count). The number of aromatic nitrogens is 2. The van der Waals surface area contributed by atoms with Crippen molar-refractivity contribution in [1.29, 1.82) is 0 Å². The molecule has 0 fully saturated rings. The predicted octanol–water partition coefficient (Wildman–Crippen LogP) is 1.87. The SMILES string of the molecule is O=C(Nc1cccnc1)c1cccnc1F. The molecule has 0 bridgehead atoms. The Hall–Kier alpha value is -2.30. The van der Waals surface area contributed by atoms with Crippen LogP contribution in [-0.2, 0) is 0 Å². The molecule has 0 saturated carbocycles. The zero-order valence-corrected chi connectivity index (χ0v) is 8.22. The molecule has 1 amide bonds. The van der Waals surface area contributed by atoms with E-state index in [0.717, 1.165) is 0 Å². The molecule has 5 heteroatoms. The molecule has 0 aliphatic rings. The zero-order valence-electron chi connectivity index (χ0n) is 8.22. The van der Waals surface area contributed by atoms with E-state index >= 15 is 0 Å². The minimum Gasteiger partial charge on any atom is -0.320 e. The van der Waals surface area contributed by atoms with E-state index in [4.69, 9.17) is 0 Å². The Balaban J connectivity index is 2.19. The van der Waals surface area contributed by atoms with E-state index in [1.165, 1.54) is 24.5 Å². The Morgan fingerprint density at radius 3 is 2.75 bits per heavy atom. The number of rotatable bonds is 2. The topological polar surface area (TPSA) is 54.9 Å². The van der Waals surface area contributed by atoms with Gasteiger partial charge in [-0.1, -0.05) is 0 Å². The van der Waals surface area contributed by atoms with Crippen LogP contribution in [0.15, 0.2) is 42.9 Å². The van der Waals surface area contributed by atoms with Crippen LogP contribution in [0.25, 0.3) is 0 Å². The van der Waals surface area contributed by atoms with Gasteiger partial charge >= 0.3 is 0 Å². The fraction of sp³-hybridized carbons (Fsp3) is 0. The summed E-state index contributed by atoms with van der Waals surface area (Å²) < 4.78 is 13.2. The molecule has 0 aromatic carbocycles. The maximum absolute atomic E-state index is 13.2. The van der Waals surface area contributed by atoms with Gasteiger partial charge in [-0.2, -0.15) is 4.39 Å². The monoisotopic (exact) mass is 217 g/mol. The largest absolute Gasteiger partial charge is 0.320 e. The second-order valence-corrected chi connectivity index (χ2v) is 3.04. The van der Waals surface area contributed by atoms with Gasteiger partial charge in [0.2, 0.25) is 5.95 Å². The molecule has 0 saturated heterocycles. The van der Waals surface area contributed by atoms with Crippen LogP contribution in [0.2, 0.25) is 0 Å². The van der Waals surface area contributed by atoms with E-state index in [2.05, 4.69) is 15.3 Å². The van der Waals surface area contributed by atoms with E-state index in [1.54, 1.807) is 18.3 Å². The van der Waals surface area contributed by atoms with Crippen LogP contribution >= 0.6 is 0 Å². The van der Waals surface area contributed by atoms with Crippen molar-refractivity contribution >= 4 is 11.6 Å². The molecule has 1 N–H and O–H groups in total. The van der Waals surface area contributed by atoms with Gasteiger partial charge in [-0.25, -0.2) is 4.98 Å². The van der Waals surface area contributed by atoms with Crippen molar-refractivity contribution in [3.8, 4) is 0 Å². The van der Waals surface area contributed by atoms with Crippen LogP contribution in [0.1, 0.15) is 10.4 Å². The summed E-state index contributed by atoms with van der Waals surface area (Å²) in [4.78, 5) is 18.8. The molecule has 4 nitrogen and oxygen atoms in total. The first-order valence-electron chi connectivity index (χ1n) is 4.59. The van der Waals surface area contributed by atoms with Gasteiger partial charge in [0.05, 0.1) is 17.4 Å². The smallest absolute Gasteiger partial charge is 0.260 e. The van der Waals surface area contributed by atoms with Gasteiger partial charge < -0.3 is 5.32 Å². The molecule has 0 spiro atoms. The van der Waals surface area contributed by atoms with Gasteiger partial charge in [0, 0.05) is 12.4 Å². The number of hydrogen-bond donors (Lipinski definition) is 1.